The number of fused-ring (bicyclic) bond motifs is 1. The third-order valence-corrected chi connectivity index (χ3v) is 3.62. The molecule has 0 fully saturated rings. The SMILES string of the molecule is CCCc1nn(Cc2ccccc2C)c2n[nH]c(N)c12. The number of nitrogens with one attached hydrogen (secondary N) is 1. The summed E-state index contributed by atoms with van der Waals surface area (Å²) in [5.41, 5.74) is 10.4. The van der Waals surface area contributed by atoms with Crippen molar-refractivity contribution < 1.29 is 0 Å². The number of nitrogen functional groups attached to an aromatic ring is 1. The fourth-order valence-electron chi connectivity index (χ4n) is 2.53. The maximum absolute atomic E-state index is 5.97. The minimum absolute atomic E-state index is 0.611. The molecular weight excluding hydrogens is 250 g/mol. The molecule has 0 saturated heterocycles. The predicted octanol–water partition coefficient (Wildman–Crippen LogP) is 2.65. The Morgan fingerprint density at radius 1 is 1.30 bits per heavy atom. The number of benzene rings is 1. The van der Waals surface area contributed by atoms with E-state index in [1.165, 1.54) is 11.1 Å². The minimum Gasteiger partial charge on any atom is -0.383 e. The highest BCUT2D eigenvalue weighted by atomic mass is 15.3. The number of anilines is 1. The van der Waals surface area contributed by atoms with Gasteiger partial charge in [-0.25, -0.2) is 4.68 Å². The van der Waals surface area contributed by atoms with Crippen molar-refractivity contribution in [1.29, 1.82) is 0 Å². The first-order valence-corrected chi connectivity index (χ1v) is 6.94. The van der Waals surface area contributed by atoms with Gasteiger partial charge < -0.3 is 5.73 Å². The van der Waals surface area contributed by atoms with Crippen LogP contribution in [0.1, 0.15) is 30.2 Å². The van der Waals surface area contributed by atoms with E-state index in [1.807, 2.05) is 10.7 Å². The zero-order valence-electron chi connectivity index (χ0n) is 11.8. The van der Waals surface area contributed by atoms with Gasteiger partial charge in [0.1, 0.15) is 5.82 Å². The molecule has 0 bridgehead atoms. The summed E-state index contributed by atoms with van der Waals surface area (Å²) < 4.78 is 1.94. The number of H-pyrrole nitrogens is 1. The monoisotopic (exact) mass is 269 g/mol. The summed E-state index contributed by atoms with van der Waals surface area (Å²) >= 11 is 0. The summed E-state index contributed by atoms with van der Waals surface area (Å²) in [5.74, 6) is 0.611. The average molecular weight is 269 g/mol. The van der Waals surface area contributed by atoms with Crippen molar-refractivity contribution in [1.82, 2.24) is 20.0 Å². The second-order valence-corrected chi connectivity index (χ2v) is 5.12. The van der Waals surface area contributed by atoms with Crippen molar-refractivity contribution in [2.24, 2.45) is 0 Å². The van der Waals surface area contributed by atoms with Crippen LogP contribution in [0.2, 0.25) is 0 Å². The molecule has 2 aromatic heterocycles. The summed E-state index contributed by atoms with van der Waals surface area (Å²) in [6, 6.07) is 8.34. The topological polar surface area (TPSA) is 72.5 Å². The van der Waals surface area contributed by atoms with Crippen molar-refractivity contribution >= 4 is 16.9 Å². The number of hydrogen-bond acceptors (Lipinski definition) is 3. The molecule has 3 rings (SSSR count). The zero-order chi connectivity index (χ0) is 14.1. The number of aromatic amines is 1. The maximum atomic E-state index is 5.97. The van der Waals surface area contributed by atoms with E-state index in [1.54, 1.807) is 0 Å². The van der Waals surface area contributed by atoms with Crippen LogP contribution < -0.4 is 5.73 Å². The van der Waals surface area contributed by atoms with Crippen molar-refractivity contribution in [3.8, 4) is 0 Å². The maximum Gasteiger partial charge on any atom is 0.182 e. The fourth-order valence-corrected chi connectivity index (χ4v) is 2.53. The Labute approximate surface area is 117 Å². The van der Waals surface area contributed by atoms with Crippen LogP contribution in [0.25, 0.3) is 11.0 Å². The lowest BCUT2D eigenvalue weighted by molar-refractivity contribution is 0.676. The Morgan fingerprint density at radius 3 is 2.85 bits per heavy atom. The highest BCUT2D eigenvalue weighted by Crippen LogP contribution is 2.24. The van der Waals surface area contributed by atoms with Gasteiger partial charge in [0.25, 0.3) is 0 Å². The predicted molar refractivity (Wildman–Crippen MR) is 80.6 cm³/mol. The number of nitrogens with two attached hydrogens (primary N) is 1. The van der Waals surface area contributed by atoms with E-state index < -0.39 is 0 Å². The number of aryl methyl sites for hydroxylation is 2. The van der Waals surface area contributed by atoms with Crippen LogP contribution in [0.5, 0.6) is 0 Å². The van der Waals surface area contributed by atoms with Gasteiger partial charge in [-0.1, -0.05) is 37.6 Å². The molecule has 3 aromatic rings. The molecule has 0 atom stereocenters. The van der Waals surface area contributed by atoms with E-state index in [0.717, 1.165) is 36.1 Å². The largest absolute Gasteiger partial charge is 0.383 e. The van der Waals surface area contributed by atoms with E-state index in [0.29, 0.717) is 5.82 Å². The molecule has 0 radical (unpaired) electrons. The first-order valence-electron chi connectivity index (χ1n) is 6.94. The highest BCUT2D eigenvalue weighted by molar-refractivity contribution is 5.89. The van der Waals surface area contributed by atoms with Crippen molar-refractivity contribution in [2.45, 2.75) is 33.2 Å². The van der Waals surface area contributed by atoms with Gasteiger partial charge in [0.2, 0.25) is 0 Å². The third kappa shape index (κ3) is 2.05. The summed E-state index contributed by atoms with van der Waals surface area (Å²) in [7, 11) is 0. The van der Waals surface area contributed by atoms with Crippen LogP contribution in [0.3, 0.4) is 0 Å². The summed E-state index contributed by atoms with van der Waals surface area (Å²) in [6.07, 6.45) is 1.96. The Balaban J connectivity index is 2.06. The van der Waals surface area contributed by atoms with Crippen molar-refractivity contribution in [3.63, 3.8) is 0 Å². The van der Waals surface area contributed by atoms with Crippen molar-refractivity contribution in [3.05, 3.63) is 41.1 Å². The molecule has 104 valence electrons. The van der Waals surface area contributed by atoms with Gasteiger partial charge in [-0.05, 0) is 24.5 Å². The lowest BCUT2D eigenvalue weighted by atomic mass is 10.1. The van der Waals surface area contributed by atoms with E-state index in [-0.39, 0.29) is 0 Å². The molecule has 0 spiro atoms. The van der Waals surface area contributed by atoms with E-state index in [9.17, 15) is 0 Å². The van der Waals surface area contributed by atoms with Gasteiger partial charge in [0.05, 0.1) is 17.6 Å². The Hall–Kier alpha value is -2.30. The summed E-state index contributed by atoms with van der Waals surface area (Å²) in [5, 5.41) is 12.8. The number of hydrogen-bond donors (Lipinski definition) is 2. The molecule has 0 aliphatic carbocycles. The molecule has 2 heterocycles. The molecule has 0 unspecified atom stereocenters. The van der Waals surface area contributed by atoms with Gasteiger partial charge in [0.15, 0.2) is 5.65 Å². The normalized spacial score (nSPS) is 11.3. The van der Waals surface area contributed by atoms with Crippen LogP contribution in [0.15, 0.2) is 24.3 Å². The van der Waals surface area contributed by atoms with Crippen LogP contribution >= 0.6 is 0 Å². The number of rotatable bonds is 4. The number of aromatic nitrogens is 4. The molecule has 0 amide bonds. The van der Waals surface area contributed by atoms with Gasteiger partial charge in [-0.3, -0.25) is 5.10 Å². The first kappa shape index (κ1) is 12.7. The third-order valence-electron chi connectivity index (χ3n) is 3.62. The second kappa shape index (κ2) is 5.00. The molecular formula is C15H19N5. The van der Waals surface area contributed by atoms with Crippen LogP contribution in [0, 0.1) is 6.92 Å². The standard InChI is InChI=1S/C15H19N5/c1-3-6-12-13-14(16)17-18-15(13)20(19-12)9-11-8-5-4-7-10(11)2/h4-5,7-8H,3,6,9H2,1-2H3,(H3,16,17,18). The van der Waals surface area contributed by atoms with Gasteiger partial charge >= 0.3 is 0 Å². The quantitative estimate of drug-likeness (QED) is 0.764. The molecule has 0 aliphatic rings. The van der Waals surface area contributed by atoms with E-state index in [4.69, 9.17) is 10.8 Å². The van der Waals surface area contributed by atoms with Gasteiger partial charge in [-0.2, -0.15) is 10.2 Å². The second-order valence-electron chi connectivity index (χ2n) is 5.12. The Bertz CT molecular complexity index is 738. The lowest BCUT2D eigenvalue weighted by Gasteiger charge is -2.05. The van der Waals surface area contributed by atoms with Gasteiger partial charge in [-0.15, -0.1) is 0 Å². The average Bonchev–Trinajstić information content (AvgIpc) is 2.96. The smallest absolute Gasteiger partial charge is 0.182 e. The highest BCUT2D eigenvalue weighted by Gasteiger charge is 2.16. The molecule has 1 aromatic carbocycles. The molecule has 5 nitrogen and oxygen atoms in total. The molecule has 20 heavy (non-hydrogen) atoms. The minimum atomic E-state index is 0.611. The fraction of sp³-hybridized carbons (Fsp3) is 0.333. The lowest BCUT2D eigenvalue weighted by Crippen LogP contribution is -2.04. The first-order chi connectivity index (χ1) is 9.70. The van der Waals surface area contributed by atoms with E-state index in [2.05, 4.69) is 42.2 Å². The van der Waals surface area contributed by atoms with Gasteiger partial charge in [0, 0.05) is 0 Å². The number of nitrogens with zero attached hydrogens (tertiary/aromatic N) is 3. The Kier molecular flexibility index (Phi) is 3.18. The zero-order valence-corrected chi connectivity index (χ0v) is 11.8. The Morgan fingerprint density at radius 2 is 2.10 bits per heavy atom. The summed E-state index contributed by atoms with van der Waals surface area (Å²) in [6.45, 7) is 4.97. The van der Waals surface area contributed by atoms with Crippen LogP contribution in [0.4, 0.5) is 5.82 Å². The summed E-state index contributed by atoms with van der Waals surface area (Å²) in [4.78, 5) is 0. The van der Waals surface area contributed by atoms with Crippen LogP contribution in [-0.2, 0) is 13.0 Å². The molecule has 0 saturated carbocycles. The molecule has 5 heteroatoms. The molecule has 3 N–H and O–H groups in total. The van der Waals surface area contributed by atoms with Crippen molar-refractivity contribution in [2.75, 3.05) is 5.73 Å². The molecule has 0 aliphatic heterocycles. The van der Waals surface area contributed by atoms with E-state index >= 15 is 0 Å². The van der Waals surface area contributed by atoms with Crippen LogP contribution in [-0.4, -0.2) is 20.0 Å².